The average molecular weight is 354 g/mol. The molecular formula is C20H22N2O2S. The number of benzene rings is 2. The van der Waals surface area contributed by atoms with E-state index >= 15 is 0 Å². The Labute approximate surface area is 149 Å². The molecule has 0 atom stereocenters. The van der Waals surface area contributed by atoms with E-state index in [0.29, 0.717) is 11.4 Å². The highest BCUT2D eigenvalue weighted by Crippen LogP contribution is 2.23. The van der Waals surface area contributed by atoms with Gasteiger partial charge >= 0.3 is 0 Å². The monoisotopic (exact) mass is 354 g/mol. The van der Waals surface area contributed by atoms with E-state index in [4.69, 9.17) is 0 Å². The molecular weight excluding hydrogens is 332 g/mol. The molecule has 130 valence electrons. The number of rotatable bonds is 6. The highest BCUT2D eigenvalue weighted by atomic mass is 32.2. The summed E-state index contributed by atoms with van der Waals surface area (Å²) < 4.78 is 29.6. The van der Waals surface area contributed by atoms with E-state index in [1.807, 2.05) is 61.0 Å². The fraction of sp³-hybridized carbons (Fsp3) is 0.200. The lowest BCUT2D eigenvalue weighted by Gasteiger charge is -2.21. The molecule has 25 heavy (non-hydrogen) atoms. The first-order valence-electron chi connectivity index (χ1n) is 8.14. The van der Waals surface area contributed by atoms with Crippen molar-refractivity contribution in [1.29, 1.82) is 0 Å². The first-order chi connectivity index (χ1) is 11.9. The zero-order valence-corrected chi connectivity index (χ0v) is 15.3. The summed E-state index contributed by atoms with van der Waals surface area (Å²) in [5, 5.41) is 1.10. The predicted octanol–water partition coefficient (Wildman–Crippen LogP) is 3.86. The van der Waals surface area contributed by atoms with E-state index in [-0.39, 0.29) is 6.54 Å². The zero-order valence-electron chi connectivity index (χ0n) is 14.5. The van der Waals surface area contributed by atoms with E-state index in [2.05, 4.69) is 6.58 Å². The quantitative estimate of drug-likeness (QED) is 0.631. The maximum Gasteiger partial charge on any atom is 0.243 e. The number of sulfonamides is 1. The van der Waals surface area contributed by atoms with Crippen LogP contribution in [0.3, 0.4) is 0 Å². The Morgan fingerprint density at radius 2 is 1.80 bits per heavy atom. The van der Waals surface area contributed by atoms with Crippen molar-refractivity contribution in [1.82, 2.24) is 8.87 Å². The van der Waals surface area contributed by atoms with E-state index in [1.54, 1.807) is 18.2 Å². The summed E-state index contributed by atoms with van der Waals surface area (Å²) in [4.78, 5) is 0.304. The molecule has 3 aromatic rings. The molecule has 2 aromatic carbocycles. The molecule has 0 saturated heterocycles. The van der Waals surface area contributed by atoms with Crippen LogP contribution in [0.15, 0.2) is 72.1 Å². The highest BCUT2D eigenvalue weighted by Gasteiger charge is 2.24. The van der Waals surface area contributed by atoms with Crippen molar-refractivity contribution < 1.29 is 8.42 Å². The third-order valence-corrected chi connectivity index (χ3v) is 6.21. The number of fused-ring (bicyclic) bond motifs is 1. The summed E-state index contributed by atoms with van der Waals surface area (Å²) in [6.07, 6.45) is 1.62. The van der Waals surface area contributed by atoms with Crippen molar-refractivity contribution in [2.45, 2.75) is 18.4 Å². The van der Waals surface area contributed by atoms with E-state index in [9.17, 15) is 8.42 Å². The van der Waals surface area contributed by atoms with Gasteiger partial charge in [0.1, 0.15) is 0 Å². The Morgan fingerprint density at radius 3 is 2.44 bits per heavy atom. The van der Waals surface area contributed by atoms with Crippen molar-refractivity contribution in [3.63, 3.8) is 0 Å². The summed E-state index contributed by atoms with van der Waals surface area (Å²) in [6, 6.07) is 17.0. The third kappa shape index (κ3) is 3.38. The van der Waals surface area contributed by atoms with Crippen LogP contribution in [0.1, 0.15) is 11.3 Å². The van der Waals surface area contributed by atoms with Crippen molar-refractivity contribution in [2.75, 3.05) is 6.54 Å². The molecule has 0 spiro atoms. The van der Waals surface area contributed by atoms with Crippen molar-refractivity contribution in [3.8, 4) is 0 Å². The fourth-order valence-corrected chi connectivity index (χ4v) is 4.31. The molecule has 3 rings (SSSR count). The summed E-state index contributed by atoms with van der Waals surface area (Å²) in [5.74, 6) is 0. The Morgan fingerprint density at radius 1 is 1.12 bits per heavy atom. The van der Waals surface area contributed by atoms with Gasteiger partial charge in [0.2, 0.25) is 10.0 Å². The zero-order chi connectivity index (χ0) is 18.0. The molecule has 1 heterocycles. The van der Waals surface area contributed by atoms with E-state index in [0.717, 1.165) is 22.2 Å². The van der Waals surface area contributed by atoms with Crippen LogP contribution in [0, 0.1) is 6.92 Å². The molecule has 0 bridgehead atoms. The first kappa shape index (κ1) is 17.5. The molecule has 4 nitrogen and oxygen atoms in total. The van der Waals surface area contributed by atoms with Gasteiger partial charge in [0.05, 0.1) is 11.4 Å². The van der Waals surface area contributed by atoms with Crippen LogP contribution >= 0.6 is 0 Å². The molecule has 0 aliphatic rings. The second-order valence-electron chi connectivity index (χ2n) is 6.15. The topological polar surface area (TPSA) is 42.3 Å². The number of nitrogens with zero attached hydrogens (tertiary/aromatic N) is 2. The molecule has 0 saturated carbocycles. The lowest BCUT2D eigenvalue weighted by Crippen LogP contribution is -2.31. The molecule has 0 aliphatic carbocycles. The Bertz CT molecular complexity index is 1000. The molecule has 0 radical (unpaired) electrons. The standard InChI is InChI=1S/C20H22N2O2S/c1-4-13-22(25(23,24)19-11-9-16(2)10-12-19)15-18-14-17-7-5-6-8-20(17)21(18)3/h4-12,14H,1,13,15H2,2-3H3. The lowest BCUT2D eigenvalue weighted by atomic mass is 10.2. The van der Waals surface area contributed by atoms with Gasteiger partial charge in [-0.25, -0.2) is 8.42 Å². The summed E-state index contributed by atoms with van der Waals surface area (Å²) in [5.41, 5.74) is 3.06. The highest BCUT2D eigenvalue weighted by molar-refractivity contribution is 7.89. The SMILES string of the molecule is C=CCN(Cc1cc2ccccc2n1C)S(=O)(=O)c1ccc(C)cc1. The molecule has 5 heteroatoms. The van der Waals surface area contributed by atoms with Crippen LogP contribution in [0.4, 0.5) is 0 Å². The third-order valence-electron chi connectivity index (χ3n) is 4.38. The molecule has 0 aliphatic heterocycles. The van der Waals surface area contributed by atoms with Crippen LogP contribution in [-0.2, 0) is 23.6 Å². The van der Waals surface area contributed by atoms with Gasteiger partial charge in [-0.15, -0.1) is 6.58 Å². The van der Waals surface area contributed by atoms with Gasteiger partial charge in [0, 0.05) is 24.8 Å². The number of para-hydroxylation sites is 1. The first-order valence-corrected chi connectivity index (χ1v) is 9.58. The van der Waals surface area contributed by atoms with Gasteiger partial charge < -0.3 is 4.57 Å². The van der Waals surface area contributed by atoms with E-state index in [1.165, 1.54) is 4.31 Å². The fourth-order valence-electron chi connectivity index (χ4n) is 2.93. The second-order valence-corrected chi connectivity index (χ2v) is 8.09. The Balaban J connectivity index is 1.99. The van der Waals surface area contributed by atoms with Gasteiger partial charge in [0.25, 0.3) is 0 Å². The van der Waals surface area contributed by atoms with Crippen molar-refractivity contribution in [3.05, 3.63) is 78.5 Å². The second kappa shape index (κ2) is 6.86. The maximum absolute atomic E-state index is 13.0. The average Bonchev–Trinajstić information content (AvgIpc) is 2.91. The number of aromatic nitrogens is 1. The van der Waals surface area contributed by atoms with Crippen molar-refractivity contribution in [2.24, 2.45) is 7.05 Å². The number of aryl methyl sites for hydroxylation is 2. The number of hydrogen-bond donors (Lipinski definition) is 0. The van der Waals surface area contributed by atoms with Gasteiger partial charge in [0.15, 0.2) is 0 Å². The van der Waals surface area contributed by atoms with Gasteiger partial charge in [-0.1, -0.05) is 42.0 Å². The smallest absolute Gasteiger partial charge is 0.243 e. The number of hydrogen-bond acceptors (Lipinski definition) is 2. The molecule has 0 N–H and O–H groups in total. The molecule has 0 amide bonds. The van der Waals surface area contributed by atoms with Crippen LogP contribution in [0.2, 0.25) is 0 Å². The summed E-state index contributed by atoms with van der Waals surface area (Å²) >= 11 is 0. The maximum atomic E-state index is 13.0. The van der Waals surface area contributed by atoms with Crippen molar-refractivity contribution >= 4 is 20.9 Å². The minimum atomic E-state index is -3.58. The van der Waals surface area contributed by atoms with Crippen LogP contribution in [0.25, 0.3) is 10.9 Å². The van der Waals surface area contributed by atoms with Gasteiger partial charge in [-0.2, -0.15) is 4.31 Å². The minimum Gasteiger partial charge on any atom is -0.346 e. The van der Waals surface area contributed by atoms with Crippen LogP contribution in [0.5, 0.6) is 0 Å². The lowest BCUT2D eigenvalue weighted by molar-refractivity contribution is 0.430. The summed E-state index contributed by atoms with van der Waals surface area (Å²) in [6.45, 7) is 6.21. The normalized spacial score (nSPS) is 12.0. The minimum absolute atomic E-state index is 0.262. The van der Waals surface area contributed by atoms with E-state index < -0.39 is 10.0 Å². The molecule has 1 aromatic heterocycles. The Hall–Kier alpha value is -2.37. The van der Waals surface area contributed by atoms with Crippen LogP contribution in [-0.4, -0.2) is 23.8 Å². The largest absolute Gasteiger partial charge is 0.346 e. The molecule has 0 fully saturated rings. The van der Waals surface area contributed by atoms with Gasteiger partial charge in [-0.3, -0.25) is 0 Å². The molecule has 0 unspecified atom stereocenters. The van der Waals surface area contributed by atoms with Crippen LogP contribution < -0.4 is 0 Å². The Kier molecular flexibility index (Phi) is 4.79. The summed E-state index contributed by atoms with van der Waals surface area (Å²) in [7, 11) is -1.62. The predicted molar refractivity (Wildman–Crippen MR) is 102 cm³/mol. The van der Waals surface area contributed by atoms with Gasteiger partial charge in [-0.05, 0) is 36.6 Å².